The first-order valence-corrected chi connectivity index (χ1v) is 6.65. The predicted molar refractivity (Wildman–Crippen MR) is 81.5 cm³/mol. The average Bonchev–Trinajstić information content (AvgIpc) is 2.50. The van der Waals surface area contributed by atoms with Crippen molar-refractivity contribution in [1.29, 1.82) is 0 Å². The molecule has 0 saturated heterocycles. The Hall–Kier alpha value is -2.69. The maximum absolute atomic E-state index is 12.1. The van der Waals surface area contributed by atoms with Crippen LogP contribution in [0.1, 0.15) is 22.8 Å². The molecular weight excluding hydrogens is 268 g/mol. The zero-order valence-electron chi connectivity index (χ0n) is 11.7. The number of benzene rings is 2. The summed E-state index contributed by atoms with van der Waals surface area (Å²) in [6, 6.07) is 14.0. The van der Waals surface area contributed by atoms with E-state index in [-0.39, 0.29) is 12.5 Å². The Kier molecular flexibility index (Phi) is 5.04. The second-order valence-electron chi connectivity index (χ2n) is 4.40. The van der Waals surface area contributed by atoms with E-state index in [1.54, 1.807) is 48.5 Å². The van der Waals surface area contributed by atoms with Crippen molar-refractivity contribution < 1.29 is 9.53 Å². The van der Waals surface area contributed by atoms with Gasteiger partial charge in [0.15, 0.2) is 0 Å². The van der Waals surface area contributed by atoms with Gasteiger partial charge in [-0.05, 0) is 48.9 Å². The van der Waals surface area contributed by atoms with Gasteiger partial charge in [0.2, 0.25) is 0 Å². The molecule has 0 spiro atoms. The highest BCUT2D eigenvalue weighted by atomic mass is 16.5. The highest BCUT2D eigenvalue weighted by molar-refractivity contribution is 6.04. The van der Waals surface area contributed by atoms with E-state index in [0.29, 0.717) is 17.9 Å². The third kappa shape index (κ3) is 4.14. The lowest BCUT2D eigenvalue weighted by Crippen LogP contribution is -2.11. The third-order valence-electron chi connectivity index (χ3n) is 2.89. The van der Waals surface area contributed by atoms with Crippen LogP contribution < -0.4 is 10.1 Å². The lowest BCUT2D eigenvalue weighted by molar-refractivity contribution is 0.102. The molecule has 0 unspecified atom stereocenters. The number of nitroso groups, excluding NO2 is 1. The highest BCUT2D eigenvalue weighted by Crippen LogP contribution is 2.15. The Morgan fingerprint density at radius 1 is 1.10 bits per heavy atom. The van der Waals surface area contributed by atoms with E-state index in [4.69, 9.17) is 4.74 Å². The van der Waals surface area contributed by atoms with Crippen molar-refractivity contribution in [1.82, 2.24) is 0 Å². The Bertz CT molecular complexity index is 606. The Labute approximate surface area is 122 Å². The monoisotopic (exact) mass is 284 g/mol. The molecule has 0 aromatic heterocycles. The topological polar surface area (TPSA) is 67.8 Å². The van der Waals surface area contributed by atoms with Gasteiger partial charge in [-0.1, -0.05) is 17.3 Å². The van der Waals surface area contributed by atoms with Gasteiger partial charge in [0.25, 0.3) is 5.91 Å². The van der Waals surface area contributed by atoms with Gasteiger partial charge >= 0.3 is 0 Å². The molecular formula is C16H16N2O3. The van der Waals surface area contributed by atoms with Gasteiger partial charge in [0.05, 0.1) is 6.61 Å². The van der Waals surface area contributed by atoms with E-state index in [9.17, 15) is 9.70 Å². The number of nitrogens with one attached hydrogen (secondary N) is 1. The van der Waals surface area contributed by atoms with Crippen LogP contribution in [0.25, 0.3) is 0 Å². The summed E-state index contributed by atoms with van der Waals surface area (Å²) in [6.45, 7) is 2.63. The first kappa shape index (κ1) is 14.7. The molecule has 0 saturated carbocycles. The van der Waals surface area contributed by atoms with E-state index >= 15 is 0 Å². The zero-order valence-corrected chi connectivity index (χ0v) is 11.7. The molecule has 2 rings (SSSR count). The predicted octanol–water partition coefficient (Wildman–Crippen LogP) is 3.60. The SMILES string of the molecule is CCOc1ccc(C(=O)Nc2ccc(CN=O)cc2)cc1. The first-order chi connectivity index (χ1) is 10.2. The molecule has 0 atom stereocenters. The Morgan fingerprint density at radius 2 is 1.76 bits per heavy atom. The van der Waals surface area contributed by atoms with Gasteiger partial charge in [-0.25, -0.2) is 0 Å². The van der Waals surface area contributed by atoms with E-state index in [0.717, 1.165) is 11.3 Å². The van der Waals surface area contributed by atoms with E-state index in [2.05, 4.69) is 10.5 Å². The molecule has 0 aliphatic rings. The fourth-order valence-electron chi connectivity index (χ4n) is 1.84. The highest BCUT2D eigenvalue weighted by Gasteiger charge is 2.06. The van der Waals surface area contributed by atoms with Gasteiger partial charge in [-0.2, -0.15) is 4.91 Å². The van der Waals surface area contributed by atoms with Gasteiger partial charge in [-0.15, -0.1) is 0 Å². The standard InChI is InChI=1S/C16H16N2O3/c1-2-21-15-9-5-13(6-10-15)16(19)18-14-7-3-12(4-8-14)11-17-20/h3-10H,2,11H2,1H3,(H,18,19). The maximum Gasteiger partial charge on any atom is 0.255 e. The lowest BCUT2D eigenvalue weighted by atomic mass is 10.2. The number of ether oxygens (including phenoxy) is 1. The molecule has 0 fully saturated rings. The summed E-state index contributed by atoms with van der Waals surface area (Å²) >= 11 is 0. The second-order valence-corrected chi connectivity index (χ2v) is 4.40. The molecule has 5 heteroatoms. The molecule has 1 amide bonds. The molecule has 0 bridgehead atoms. The fourth-order valence-corrected chi connectivity index (χ4v) is 1.84. The lowest BCUT2D eigenvalue weighted by Gasteiger charge is -2.07. The van der Waals surface area contributed by atoms with Gasteiger partial charge in [0.1, 0.15) is 12.3 Å². The summed E-state index contributed by atoms with van der Waals surface area (Å²) < 4.78 is 5.33. The van der Waals surface area contributed by atoms with Crippen LogP contribution in [0.15, 0.2) is 53.7 Å². The third-order valence-corrected chi connectivity index (χ3v) is 2.89. The number of carbonyl (C=O) groups excluding carboxylic acids is 1. The van der Waals surface area contributed by atoms with Crippen LogP contribution in [0, 0.1) is 4.91 Å². The van der Waals surface area contributed by atoms with E-state index in [1.165, 1.54) is 0 Å². The Balaban J connectivity index is 2.01. The smallest absolute Gasteiger partial charge is 0.255 e. The van der Waals surface area contributed by atoms with E-state index < -0.39 is 0 Å². The first-order valence-electron chi connectivity index (χ1n) is 6.65. The molecule has 0 aliphatic carbocycles. The molecule has 1 N–H and O–H groups in total. The number of amides is 1. The van der Waals surface area contributed by atoms with Crippen molar-refractivity contribution >= 4 is 11.6 Å². The molecule has 0 radical (unpaired) electrons. The molecule has 2 aromatic rings. The van der Waals surface area contributed by atoms with Crippen LogP contribution in [-0.2, 0) is 6.54 Å². The molecule has 0 heterocycles. The quantitative estimate of drug-likeness (QED) is 0.824. The van der Waals surface area contributed by atoms with Crippen molar-refractivity contribution in [3.63, 3.8) is 0 Å². The number of carbonyl (C=O) groups is 1. The van der Waals surface area contributed by atoms with Crippen LogP contribution in [0.2, 0.25) is 0 Å². The van der Waals surface area contributed by atoms with Crippen molar-refractivity contribution in [2.75, 3.05) is 11.9 Å². The fraction of sp³-hybridized carbons (Fsp3) is 0.188. The summed E-state index contributed by atoms with van der Waals surface area (Å²) in [5.41, 5.74) is 2.03. The van der Waals surface area contributed by atoms with Gasteiger partial charge in [-0.3, -0.25) is 4.79 Å². The summed E-state index contributed by atoms with van der Waals surface area (Å²) in [4.78, 5) is 22.2. The number of nitrogens with zero attached hydrogens (tertiary/aromatic N) is 1. The number of rotatable bonds is 6. The summed E-state index contributed by atoms with van der Waals surface area (Å²) in [5.74, 6) is 0.541. The molecule has 108 valence electrons. The number of hydrogen-bond acceptors (Lipinski definition) is 4. The summed E-state index contributed by atoms with van der Waals surface area (Å²) in [6.07, 6.45) is 0. The van der Waals surface area contributed by atoms with Crippen molar-refractivity contribution in [3.8, 4) is 5.75 Å². The largest absolute Gasteiger partial charge is 0.494 e. The maximum atomic E-state index is 12.1. The summed E-state index contributed by atoms with van der Waals surface area (Å²) in [5, 5.41) is 5.61. The van der Waals surface area contributed by atoms with Crippen molar-refractivity contribution in [2.45, 2.75) is 13.5 Å². The number of hydrogen-bond donors (Lipinski definition) is 1. The summed E-state index contributed by atoms with van der Waals surface area (Å²) in [7, 11) is 0. The molecule has 21 heavy (non-hydrogen) atoms. The normalized spacial score (nSPS) is 9.95. The zero-order chi connectivity index (χ0) is 15.1. The minimum atomic E-state index is -0.195. The van der Waals surface area contributed by atoms with Crippen LogP contribution >= 0.6 is 0 Å². The van der Waals surface area contributed by atoms with Gasteiger partial charge in [0, 0.05) is 11.3 Å². The number of anilines is 1. The Morgan fingerprint density at radius 3 is 2.33 bits per heavy atom. The van der Waals surface area contributed by atoms with E-state index in [1.807, 2.05) is 6.92 Å². The second kappa shape index (κ2) is 7.19. The van der Waals surface area contributed by atoms with Crippen LogP contribution in [0.3, 0.4) is 0 Å². The van der Waals surface area contributed by atoms with Crippen LogP contribution in [0.5, 0.6) is 5.75 Å². The molecule has 0 aliphatic heterocycles. The minimum absolute atomic E-state index is 0.132. The van der Waals surface area contributed by atoms with Crippen LogP contribution in [0.4, 0.5) is 5.69 Å². The molecule has 2 aromatic carbocycles. The van der Waals surface area contributed by atoms with Crippen molar-refractivity contribution in [2.24, 2.45) is 5.18 Å². The minimum Gasteiger partial charge on any atom is -0.494 e. The van der Waals surface area contributed by atoms with Crippen molar-refractivity contribution in [3.05, 3.63) is 64.6 Å². The average molecular weight is 284 g/mol. The van der Waals surface area contributed by atoms with Crippen LogP contribution in [-0.4, -0.2) is 12.5 Å². The van der Waals surface area contributed by atoms with Gasteiger partial charge < -0.3 is 10.1 Å². The molecule has 5 nitrogen and oxygen atoms in total.